The highest BCUT2D eigenvalue weighted by atomic mass is 79.9. The van der Waals surface area contributed by atoms with Crippen molar-refractivity contribution >= 4 is 50.0 Å². The number of rotatable bonds is 2. The van der Waals surface area contributed by atoms with E-state index in [-0.39, 0.29) is 5.91 Å². The van der Waals surface area contributed by atoms with Crippen LogP contribution in [-0.2, 0) is 0 Å². The van der Waals surface area contributed by atoms with Crippen LogP contribution in [0.2, 0.25) is 5.02 Å². The van der Waals surface area contributed by atoms with Gasteiger partial charge >= 0.3 is 0 Å². The average molecular weight is 351 g/mol. The van der Waals surface area contributed by atoms with Gasteiger partial charge < -0.3 is 5.32 Å². The van der Waals surface area contributed by atoms with Gasteiger partial charge in [0.05, 0.1) is 28.0 Å². The summed E-state index contributed by atoms with van der Waals surface area (Å²) in [5.74, 6) is -0.259. The van der Waals surface area contributed by atoms with Crippen molar-refractivity contribution in [1.82, 2.24) is 10.2 Å². The number of halogens is 2. The summed E-state index contributed by atoms with van der Waals surface area (Å²) < 4.78 is 0.800. The molecule has 0 aliphatic carbocycles. The zero-order valence-corrected chi connectivity index (χ0v) is 12.5. The van der Waals surface area contributed by atoms with E-state index in [1.165, 1.54) is 0 Å². The number of carbonyl (C=O) groups is 1. The van der Waals surface area contributed by atoms with Crippen LogP contribution >= 0.6 is 27.5 Å². The summed E-state index contributed by atoms with van der Waals surface area (Å²) in [6.45, 7) is 0. The molecule has 0 aliphatic rings. The van der Waals surface area contributed by atoms with Gasteiger partial charge in [-0.2, -0.15) is 5.10 Å². The average Bonchev–Trinajstić information content (AvgIpc) is 2.91. The molecule has 1 heterocycles. The first-order chi connectivity index (χ1) is 9.65. The number of nitrogens with one attached hydrogen (secondary N) is 2. The van der Waals surface area contributed by atoms with E-state index in [4.69, 9.17) is 11.6 Å². The molecule has 0 spiro atoms. The number of H-pyrrole nitrogens is 1. The van der Waals surface area contributed by atoms with Crippen LogP contribution in [0.3, 0.4) is 0 Å². The second kappa shape index (κ2) is 5.26. The van der Waals surface area contributed by atoms with E-state index < -0.39 is 0 Å². The van der Waals surface area contributed by atoms with E-state index in [0.717, 1.165) is 15.4 Å². The van der Waals surface area contributed by atoms with Crippen LogP contribution in [0.1, 0.15) is 10.4 Å². The molecule has 4 nitrogen and oxygen atoms in total. The lowest BCUT2D eigenvalue weighted by Gasteiger charge is -2.08. The topological polar surface area (TPSA) is 57.8 Å². The van der Waals surface area contributed by atoms with Crippen LogP contribution in [0.5, 0.6) is 0 Å². The molecular weight excluding hydrogens is 342 g/mol. The van der Waals surface area contributed by atoms with E-state index in [0.29, 0.717) is 16.3 Å². The van der Waals surface area contributed by atoms with Gasteiger partial charge in [0.15, 0.2) is 0 Å². The molecule has 0 unspecified atom stereocenters. The van der Waals surface area contributed by atoms with Crippen molar-refractivity contribution in [3.63, 3.8) is 0 Å². The van der Waals surface area contributed by atoms with Gasteiger partial charge in [-0.05, 0) is 30.3 Å². The van der Waals surface area contributed by atoms with Crippen LogP contribution in [0, 0.1) is 0 Å². The standard InChI is InChI=1S/C14H9BrClN3O/c15-8-4-5-11(16)9(6-8)14(20)18-12-2-1-3-13-10(12)7-17-19-13/h1-7H,(H,17,19)(H,18,20). The summed E-state index contributed by atoms with van der Waals surface area (Å²) in [5.41, 5.74) is 1.97. The summed E-state index contributed by atoms with van der Waals surface area (Å²) in [4.78, 5) is 12.3. The number of nitrogens with zero attached hydrogens (tertiary/aromatic N) is 1. The van der Waals surface area contributed by atoms with E-state index in [1.54, 1.807) is 24.4 Å². The Morgan fingerprint density at radius 2 is 2.15 bits per heavy atom. The van der Waals surface area contributed by atoms with Gasteiger partial charge in [-0.25, -0.2) is 0 Å². The van der Waals surface area contributed by atoms with Crippen molar-refractivity contribution in [3.05, 3.63) is 57.7 Å². The van der Waals surface area contributed by atoms with Gasteiger partial charge in [-0.15, -0.1) is 0 Å². The van der Waals surface area contributed by atoms with Crippen molar-refractivity contribution in [1.29, 1.82) is 0 Å². The van der Waals surface area contributed by atoms with E-state index >= 15 is 0 Å². The van der Waals surface area contributed by atoms with E-state index in [2.05, 4.69) is 31.4 Å². The molecule has 100 valence electrons. The highest BCUT2D eigenvalue weighted by Crippen LogP contribution is 2.25. The molecule has 20 heavy (non-hydrogen) atoms. The number of anilines is 1. The third kappa shape index (κ3) is 2.42. The molecule has 3 aromatic rings. The fraction of sp³-hybridized carbons (Fsp3) is 0. The minimum absolute atomic E-state index is 0.259. The van der Waals surface area contributed by atoms with Gasteiger partial charge in [-0.3, -0.25) is 9.89 Å². The molecule has 1 amide bonds. The number of hydrogen-bond acceptors (Lipinski definition) is 2. The van der Waals surface area contributed by atoms with Crippen LogP contribution in [0.15, 0.2) is 47.1 Å². The third-order valence-corrected chi connectivity index (χ3v) is 3.73. The Balaban J connectivity index is 1.96. The second-order valence-electron chi connectivity index (χ2n) is 4.22. The minimum atomic E-state index is -0.259. The van der Waals surface area contributed by atoms with E-state index in [1.807, 2.05) is 18.2 Å². The molecule has 1 aromatic heterocycles. The Kier molecular flexibility index (Phi) is 3.46. The van der Waals surface area contributed by atoms with Crippen molar-refractivity contribution in [2.45, 2.75) is 0 Å². The Morgan fingerprint density at radius 3 is 3.00 bits per heavy atom. The van der Waals surface area contributed by atoms with Crippen molar-refractivity contribution in [2.24, 2.45) is 0 Å². The van der Waals surface area contributed by atoms with Crippen LogP contribution in [0.25, 0.3) is 10.9 Å². The lowest BCUT2D eigenvalue weighted by atomic mass is 10.2. The first-order valence-corrected chi connectivity index (χ1v) is 7.01. The lowest BCUT2D eigenvalue weighted by molar-refractivity contribution is 0.102. The molecule has 2 N–H and O–H groups in total. The van der Waals surface area contributed by atoms with Crippen LogP contribution in [0.4, 0.5) is 5.69 Å². The summed E-state index contributed by atoms with van der Waals surface area (Å²) in [6, 6.07) is 10.7. The number of hydrogen-bond donors (Lipinski definition) is 2. The number of aromatic amines is 1. The summed E-state index contributed by atoms with van der Waals surface area (Å²) in [6.07, 6.45) is 1.67. The highest BCUT2D eigenvalue weighted by molar-refractivity contribution is 9.10. The van der Waals surface area contributed by atoms with Gasteiger partial charge in [-0.1, -0.05) is 33.6 Å². The monoisotopic (exact) mass is 349 g/mol. The molecule has 0 aliphatic heterocycles. The molecule has 0 radical (unpaired) electrons. The summed E-state index contributed by atoms with van der Waals surface area (Å²) in [7, 11) is 0. The maximum absolute atomic E-state index is 12.3. The van der Waals surface area contributed by atoms with Crippen LogP contribution in [-0.4, -0.2) is 16.1 Å². The Labute approximate surface area is 128 Å². The Morgan fingerprint density at radius 1 is 1.30 bits per heavy atom. The molecule has 0 atom stereocenters. The zero-order valence-electron chi connectivity index (χ0n) is 10.2. The fourth-order valence-corrected chi connectivity index (χ4v) is 2.50. The Hall–Kier alpha value is -1.85. The fourth-order valence-electron chi connectivity index (χ4n) is 1.94. The quantitative estimate of drug-likeness (QED) is 0.726. The predicted molar refractivity (Wildman–Crippen MR) is 83.2 cm³/mol. The van der Waals surface area contributed by atoms with Crippen molar-refractivity contribution in [3.8, 4) is 0 Å². The Bertz CT molecular complexity index is 800. The third-order valence-electron chi connectivity index (χ3n) is 2.91. The number of benzene rings is 2. The van der Waals surface area contributed by atoms with Crippen molar-refractivity contribution in [2.75, 3.05) is 5.32 Å². The number of fused-ring (bicyclic) bond motifs is 1. The second-order valence-corrected chi connectivity index (χ2v) is 5.54. The molecule has 0 bridgehead atoms. The van der Waals surface area contributed by atoms with Gasteiger partial charge in [0.25, 0.3) is 5.91 Å². The SMILES string of the molecule is O=C(Nc1cccc2[nH]ncc12)c1cc(Br)ccc1Cl. The van der Waals surface area contributed by atoms with E-state index in [9.17, 15) is 4.79 Å². The largest absolute Gasteiger partial charge is 0.321 e. The molecule has 0 saturated carbocycles. The molecule has 6 heteroatoms. The number of carbonyl (C=O) groups excluding carboxylic acids is 1. The molecule has 0 fully saturated rings. The van der Waals surface area contributed by atoms with Gasteiger partial charge in [0, 0.05) is 9.86 Å². The first kappa shape index (κ1) is 13.1. The van der Waals surface area contributed by atoms with Gasteiger partial charge in [0.1, 0.15) is 0 Å². The molecule has 3 rings (SSSR count). The normalized spacial score (nSPS) is 10.7. The number of aromatic nitrogens is 2. The molecule has 0 saturated heterocycles. The summed E-state index contributed by atoms with van der Waals surface area (Å²) >= 11 is 9.38. The minimum Gasteiger partial charge on any atom is -0.321 e. The first-order valence-electron chi connectivity index (χ1n) is 5.83. The van der Waals surface area contributed by atoms with Crippen molar-refractivity contribution < 1.29 is 4.79 Å². The molecule has 2 aromatic carbocycles. The maximum atomic E-state index is 12.3. The molecular formula is C14H9BrClN3O. The van der Waals surface area contributed by atoms with Gasteiger partial charge in [0.2, 0.25) is 0 Å². The van der Waals surface area contributed by atoms with Crippen LogP contribution < -0.4 is 5.32 Å². The smallest absolute Gasteiger partial charge is 0.257 e. The lowest BCUT2D eigenvalue weighted by Crippen LogP contribution is -2.12. The highest BCUT2D eigenvalue weighted by Gasteiger charge is 2.12. The number of amides is 1. The summed E-state index contributed by atoms with van der Waals surface area (Å²) in [5, 5.41) is 10.9. The zero-order chi connectivity index (χ0) is 14.1. The predicted octanol–water partition coefficient (Wildman–Crippen LogP) is 4.23. The maximum Gasteiger partial charge on any atom is 0.257 e.